The molecule has 1 aromatic carbocycles. The molecule has 0 spiro atoms. The third kappa shape index (κ3) is 2.93. The van der Waals surface area contributed by atoms with Crippen LogP contribution in [0.25, 0.3) is 0 Å². The van der Waals surface area contributed by atoms with Gasteiger partial charge in [0.1, 0.15) is 12.0 Å². The molecule has 0 aliphatic carbocycles. The van der Waals surface area contributed by atoms with Gasteiger partial charge in [-0.3, -0.25) is 19.7 Å². The average Bonchev–Trinajstić information content (AvgIpc) is 2.85. The molecule has 1 aliphatic heterocycles. The normalized spacial score (nSPS) is 17.9. The lowest BCUT2D eigenvalue weighted by molar-refractivity contribution is -0.384. The van der Waals surface area contributed by atoms with Crippen molar-refractivity contribution in [2.24, 2.45) is 0 Å². The summed E-state index contributed by atoms with van der Waals surface area (Å²) in [5.41, 5.74) is 0.671. The number of carbonyl (C=O) groups is 2. The highest BCUT2D eigenvalue weighted by Gasteiger charge is 2.28. The predicted molar refractivity (Wildman–Crippen MR) is 72.9 cm³/mol. The minimum Gasteiger partial charge on any atom is -0.364 e. The maximum Gasteiger partial charge on any atom is 0.293 e. The highest BCUT2D eigenvalue weighted by Crippen LogP contribution is 2.31. The number of nitro benzene ring substituents is 1. The zero-order valence-electron chi connectivity index (χ0n) is 11.0. The maximum absolute atomic E-state index is 11.1. The largest absolute Gasteiger partial charge is 0.364 e. The van der Waals surface area contributed by atoms with Gasteiger partial charge in [0.2, 0.25) is 5.91 Å². The molecule has 0 bridgehead atoms. The molecule has 7 heteroatoms. The molecule has 0 saturated carbocycles. The second-order valence-electron chi connectivity index (χ2n) is 4.76. The van der Waals surface area contributed by atoms with E-state index in [0.717, 1.165) is 6.42 Å². The Labute approximate surface area is 115 Å². The van der Waals surface area contributed by atoms with Crippen molar-refractivity contribution in [3.63, 3.8) is 0 Å². The van der Waals surface area contributed by atoms with Crippen LogP contribution in [0.1, 0.15) is 23.7 Å². The fourth-order valence-electron chi connectivity index (χ4n) is 2.41. The first-order chi connectivity index (χ1) is 9.51. The molecule has 0 radical (unpaired) electrons. The molecule has 2 rings (SSSR count). The summed E-state index contributed by atoms with van der Waals surface area (Å²) in [5.74, 6) is -0.109. The van der Waals surface area contributed by atoms with Crippen molar-refractivity contribution in [3.05, 3.63) is 33.9 Å². The molecular weight excluding hydrogens is 262 g/mol. The number of amides is 1. The second-order valence-corrected chi connectivity index (χ2v) is 4.76. The Bertz CT molecular complexity index is 559. The topological polar surface area (TPSA) is 92.6 Å². The van der Waals surface area contributed by atoms with Gasteiger partial charge in [0, 0.05) is 37.7 Å². The number of aldehydes is 1. The van der Waals surface area contributed by atoms with Gasteiger partial charge in [-0.05, 0) is 18.6 Å². The molecule has 1 aliphatic rings. The van der Waals surface area contributed by atoms with Gasteiger partial charge in [-0.25, -0.2) is 0 Å². The van der Waals surface area contributed by atoms with Gasteiger partial charge in [0.25, 0.3) is 5.69 Å². The summed E-state index contributed by atoms with van der Waals surface area (Å²) in [7, 11) is 0. The molecule has 1 saturated heterocycles. The zero-order valence-corrected chi connectivity index (χ0v) is 11.0. The standard InChI is InChI=1S/C13H15N3O4/c1-9(18)14-11-4-5-15(7-11)12-3-2-10(8-17)6-13(12)16(19)20/h2-3,6,8,11H,4-5,7H2,1H3,(H,14,18). The van der Waals surface area contributed by atoms with Gasteiger partial charge < -0.3 is 10.2 Å². The van der Waals surface area contributed by atoms with Crippen molar-refractivity contribution in [2.45, 2.75) is 19.4 Å². The summed E-state index contributed by atoms with van der Waals surface area (Å²) in [4.78, 5) is 34.2. The van der Waals surface area contributed by atoms with E-state index >= 15 is 0 Å². The Morgan fingerprint density at radius 3 is 2.90 bits per heavy atom. The van der Waals surface area contributed by atoms with Crippen LogP contribution >= 0.6 is 0 Å². The highest BCUT2D eigenvalue weighted by atomic mass is 16.6. The van der Waals surface area contributed by atoms with E-state index in [1.807, 2.05) is 4.90 Å². The van der Waals surface area contributed by atoms with E-state index in [4.69, 9.17) is 0 Å². The van der Waals surface area contributed by atoms with E-state index in [2.05, 4.69) is 5.32 Å². The van der Waals surface area contributed by atoms with Gasteiger partial charge in [0.15, 0.2) is 0 Å². The Balaban J connectivity index is 2.23. The van der Waals surface area contributed by atoms with E-state index in [1.165, 1.54) is 13.0 Å². The van der Waals surface area contributed by atoms with Gasteiger partial charge >= 0.3 is 0 Å². The van der Waals surface area contributed by atoms with Crippen LogP contribution in [0.4, 0.5) is 11.4 Å². The van der Waals surface area contributed by atoms with Crippen LogP contribution in [0.2, 0.25) is 0 Å². The number of nitro groups is 1. The van der Waals surface area contributed by atoms with Gasteiger partial charge in [-0.2, -0.15) is 0 Å². The lowest BCUT2D eigenvalue weighted by Crippen LogP contribution is -2.35. The Morgan fingerprint density at radius 1 is 1.55 bits per heavy atom. The summed E-state index contributed by atoms with van der Waals surface area (Å²) >= 11 is 0. The van der Waals surface area contributed by atoms with E-state index < -0.39 is 4.92 Å². The number of benzene rings is 1. The molecule has 20 heavy (non-hydrogen) atoms. The fourth-order valence-corrected chi connectivity index (χ4v) is 2.41. The van der Waals surface area contributed by atoms with Crippen molar-refractivity contribution >= 4 is 23.6 Å². The number of carbonyl (C=O) groups excluding carboxylic acids is 2. The van der Waals surface area contributed by atoms with E-state index in [-0.39, 0.29) is 23.2 Å². The molecule has 1 aromatic rings. The molecule has 1 amide bonds. The summed E-state index contributed by atoms with van der Waals surface area (Å²) in [6.45, 7) is 2.61. The molecule has 1 N–H and O–H groups in total. The van der Waals surface area contributed by atoms with Gasteiger partial charge in [-0.15, -0.1) is 0 Å². The monoisotopic (exact) mass is 277 g/mol. The summed E-state index contributed by atoms with van der Waals surface area (Å²) in [5, 5.41) is 13.9. The first-order valence-electron chi connectivity index (χ1n) is 6.27. The molecule has 106 valence electrons. The number of nitrogens with one attached hydrogen (secondary N) is 1. The Hall–Kier alpha value is -2.44. The molecule has 1 fully saturated rings. The Kier molecular flexibility index (Phi) is 3.97. The quantitative estimate of drug-likeness (QED) is 0.506. The van der Waals surface area contributed by atoms with Crippen molar-refractivity contribution in [1.82, 2.24) is 5.32 Å². The molecule has 0 aromatic heterocycles. The molecule has 1 heterocycles. The first kappa shape index (κ1) is 14.0. The van der Waals surface area contributed by atoms with Crippen LogP contribution in [0.5, 0.6) is 0 Å². The molecule has 1 atom stereocenters. The average molecular weight is 277 g/mol. The molecular formula is C13H15N3O4. The van der Waals surface area contributed by atoms with E-state index in [1.54, 1.807) is 12.1 Å². The minimum atomic E-state index is -0.492. The second kappa shape index (κ2) is 5.68. The number of rotatable bonds is 4. The van der Waals surface area contributed by atoms with E-state index in [9.17, 15) is 19.7 Å². The number of anilines is 1. The SMILES string of the molecule is CC(=O)NC1CCN(c2ccc(C=O)cc2[N+](=O)[O-])C1. The van der Waals surface area contributed by atoms with Crippen LogP contribution < -0.4 is 10.2 Å². The number of hydrogen-bond acceptors (Lipinski definition) is 5. The minimum absolute atomic E-state index is 0.00199. The summed E-state index contributed by atoms with van der Waals surface area (Å²) < 4.78 is 0. The summed E-state index contributed by atoms with van der Waals surface area (Å²) in [6, 6.07) is 4.41. The first-order valence-corrected chi connectivity index (χ1v) is 6.27. The molecule has 7 nitrogen and oxygen atoms in total. The predicted octanol–water partition coefficient (Wildman–Crippen LogP) is 1.12. The van der Waals surface area contributed by atoms with Crippen molar-refractivity contribution in [2.75, 3.05) is 18.0 Å². The van der Waals surface area contributed by atoms with Crippen LogP contribution in [0.3, 0.4) is 0 Å². The molecule has 1 unspecified atom stereocenters. The Morgan fingerprint density at radius 2 is 2.30 bits per heavy atom. The maximum atomic E-state index is 11.1. The van der Waals surface area contributed by atoms with E-state index in [0.29, 0.717) is 25.1 Å². The third-order valence-electron chi connectivity index (χ3n) is 3.27. The number of hydrogen-bond donors (Lipinski definition) is 1. The smallest absolute Gasteiger partial charge is 0.293 e. The van der Waals surface area contributed by atoms with Crippen LogP contribution in [-0.2, 0) is 4.79 Å². The third-order valence-corrected chi connectivity index (χ3v) is 3.27. The summed E-state index contributed by atoms with van der Waals surface area (Å²) in [6.07, 6.45) is 1.33. The van der Waals surface area contributed by atoms with Gasteiger partial charge in [-0.1, -0.05) is 0 Å². The highest BCUT2D eigenvalue weighted by molar-refractivity contribution is 5.80. The van der Waals surface area contributed by atoms with Crippen molar-refractivity contribution in [1.29, 1.82) is 0 Å². The van der Waals surface area contributed by atoms with Crippen LogP contribution in [0.15, 0.2) is 18.2 Å². The van der Waals surface area contributed by atoms with Crippen molar-refractivity contribution < 1.29 is 14.5 Å². The van der Waals surface area contributed by atoms with Crippen LogP contribution in [-0.4, -0.2) is 36.2 Å². The lowest BCUT2D eigenvalue weighted by Gasteiger charge is -2.18. The van der Waals surface area contributed by atoms with Gasteiger partial charge in [0.05, 0.1) is 4.92 Å². The fraction of sp³-hybridized carbons (Fsp3) is 0.385. The zero-order chi connectivity index (χ0) is 14.7. The number of nitrogens with zero attached hydrogens (tertiary/aromatic N) is 2. The van der Waals surface area contributed by atoms with Crippen molar-refractivity contribution in [3.8, 4) is 0 Å². The lowest BCUT2D eigenvalue weighted by atomic mass is 10.1. The van der Waals surface area contributed by atoms with Crippen LogP contribution in [0, 0.1) is 10.1 Å².